The third-order valence-corrected chi connectivity index (χ3v) is 2.71. The molecule has 1 heterocycles. The van der Waals surface area contributed by atoms with Crippen LogP contribution in [0.1, 0.15) is 4.88 Å². The molecule has 1 aromatic heterocycles. The van der Waals surface area contributed by atoms with E-state index in [0.29, 0.717) is 6.54 Å². The molecule has 0 unspecified atom stereocenters. The van der Waals surface area contributed by atoms with Crippen LogP contribution in [0.25, 0.3) is 0 Å². The van der Waals surface area contributed by atoms with Gasteiger partial charge >= 0.3 is 0 Å². The van der Waals surface area contributed by atoms with Gasteiger partial charge in [0, 0.05) is 11.9 Å². The number of rotatable bonds is 2. The van der Waals surface area contributed by atoms with Gasteiger partial charge in [-0.15, -0.1) is 17.8 Å². The summed E-state index contributed by atoms with van der Waals surface area (Å²) >= 11 is 7.18. The Balaban J connectivity index is 2.60. The highest BCUT2D eigenvalue weighted by molar-refractivity contribution is 7.16. The van der Waals surface area contributed by atoms with Crippen LogP contribution in [0, 0.1) is 12.3 Å². The molecule has 0 spiro atoms. The Hall–Kier alpha value is -0.980. The first-order valence-electron chi connectivity index (χ1n) is 3.59. The molecule has 0 saturated heterocycles. The normalized spacial score (nSPS) is 9.31. The fourth-order valence-electron chi connectivity index (χ4n) is 0.852. The van der Waals surface area contributed by atoms with Crippen molar-refractivity contribution in [2.75, 3.05) is 7.05 Å². The minimum Gasteiger partial charge on any atom is -0.330 e. The van der Waals surface area contributed by atoms with Crippen molar-refractivity contribution in [3.05, 3.63) is 21.3 Å². The van der Waals surface area contributed by atoms with Crippen LogP contribution in [-0.4, -0.2) is 17.9 Å². The molecule has 0 aliphatic rings. The zero-order chi connectivity index (χ0) is 9.84. The first kappa shape index (κ1) is 10.1. The third kappa shape index (κ3) is 2.76. The van der Waals surface area contributed by atoms with Gasteiger partial charge in [0.05, 0.1) is 10.9 Å². The Labute approximate surface area is 86.1 Å². The van der Waals surface area contributed by atoms with E-state index < -0.39 is 0 Å². The predicted molar refractivity (Wildman–Crippen MR) is 54.6 cm³/mol. The topological polar surface area (TPSA) is 20.3 Å². The van der Waals surface area contributed by atoms with Crippen LogP contribution in [0.5, 0.6) is 0 Å². The molecule has 0 aromatic carbocycles. The Kier molecular flexibility index (Phi) is 3.35. The summed E-state index contributed by atoms with van der Waals surface area (Å²) in [6.07, 6.45) is 4.97. The summed E-state index contributed by atoms with van der Waals surface area (Å²) in [5.74, 6) is 1.74. The number of hydrogen-bond acceptors (Lipinski definition) is 2. The van der Waals surface area contributed by atoms with Gasteiger partial charge in [0.15, 0.2) is 0 Å². The van der Waals surface area contributed by atoms with Crippen molar-refractivity contribution in [2.45, 2.75) is 6.54 Å². The minimum atomic E-state index is -0.315. The molecular weight excluding hydrogens is 206 g/mol. The van der Waals surface area contributed by atoms with E-state index >= 15 is 0 Å². The van der Waals surface area contributed by atoms with Crippen LogP contribution in [0.3, 0.4) is 0 Å². The van der Waals surface area contributed by atoms with Gasteiger partial charge in [-0.1, -0.05) is 11.6 Å². The summed E-state index contributed by atoms with van der Waals surface area (Å²) in [4.78, 5) is 13.5. The second-order valence-corrected chi connectivity index (χ2v) is 4.31. The monoisotopic (exact) mass is 213 g/mol. The molecular formula is C9H8ClNOS. The summed E-state index contributed by atoms with van der Waals surface area (Å²) in [5.41, 5.74) is 0. The maximum Gasteiger partial charge on any atom is 0.298 e. The Morgan fingerprint density at radius 1 is 1.77 bits per heavy atom. The highest BCUT2D eigenvalue weighted by atomic mass is 35.5. The van der Waals surface area contributed by atoms with Crippen molar-refractivity contribution < 1.29 is 4.79 Å². The molecule has 0 saturated carbocycles. The van der Waals surface area contributed by atoms with Crippen LogP contribution in [-0.2, 0) is 11.3 Å². The smallest absolute Gasteiger partial charge is 0.298 e. The fourth-order valence-corrected chi connectivity index (χ4v) is 1.99. The van der Waals surface area contributed by atoms with Crippen LogP contribution in [0.4, 0.5) is 0 Å². The van der Waals surface area contributed by atoms with Gasteiger partial charge in [-0.3, -0.25) is 4.79 Å². The zero-order valence-corrected chi connectivity index (χ0v) is 8.65. The number of terminal acetylenes is 1. The molecule has 0 aliphatic heterocycles. The van der Waals surface area contributed by atoms with Gasteiger partial charge in [-0.2, -0.15) is 0 Å². The highest BCUT2D eigenvalue weighted by Crippen LogP contribution is 2.22. The first-order chi connectivity index (χ1) is 6.13. The summed E-state index contributed by atoms with van der Waals surface area (Å²) in [5, 5.41) is 0. The average Bonchev–Trinajstić information content (AvgIpc) is 2.49. The summed E-state index contributed by atoms with van der Waals surface area (Å²) in [6, 6.07) is 3.68. The van der Waals surface area contributed by atoms with Crippen molar-refractivity contribution in [1.29, 1.82) is 0 Å². The van der Waals surface area contributed by atoms with E-state index in [1.54, 1.807) is 13.1 Å². The lowest BCUT2D eigenvalue weighted by atomic mass is 10.4. The SMILES string of the molecule is C#CC(=O)N(C)Cc1ccc(Cl)s1. The lowest BCUT2D eigenvalue weighted by Crippen LogP contribution is -2.23. The summed E-state index contributed by atoms with van der Waals surface area (Å²) in [7, 11) is 1.66. The van der Waals surface area contributed by atoms with Gasteiger partial charge < -0.3 is 4.90 Å². The van der Waals surface area contributed by atoms with Gasteiger partial charge in [0.25, 0.3) is 5.91 Å². The predicted octanol–water partition coefficient (Wildman–Crippen LogP) is 1.99. The third-order valence-electron chi connectivity index (χ3n) is 1.49. The number of carbonyl (C=O) groups is 1. The second-order valence-electron chi connectivity index (χ2n) is 2.51. The lowest BCUT2D eigenvalue weighted by Gasteiger charge is -2.11. The standard InChI is InChI=1S/C9H8ClNOS/c1-3-9(12)11(2)6-7-4-5-8(10)13-7/h1,4-5H,6H2,2H3. The van der Waals surface area contributed by atoms with Gasteiger partial charge in [-0.05, 0) is 18.1 Å². The highest BCUT2D eigenvalue weighted by Gasteiger charge is 2.06. The van der Waals surface area contributed by atoms with E-state index in [-0.39, 0.29) is 5.91 Å². The Morgan fingerprint density at radius 3 is 2.92 bits per heavy atom. The molecule has 4 heteroatoms. The van der Waals surface area contributed by atoms with E-state index in [0.717, 1.165) is 9.21 Å². The molecule has 1 amide bonds. The van der Waals surface area contributed by atoms with Crippen LogP contribution < -0.4 is 0 Å². The van der Waals surface area contributed by atoms with Crippen molar-refractivity contribution in [3.63, 3.8) is 0 Å². The van der Waals surface area contributed by atoms with Crippen molar-refractivity contribution in [1.82, 2.24) is 4.90 Å². The largest absolute Gasteiger partial charge is 0.330 e. The zero-order valence-electron chi connectivity index (χ0n) is 7.08. The molecule has 0 atom stereocenters. The molecule has 68 valence electrons. The number of carbonyl (C=O) groups excluding carboxylic acids is 1. The minimum absolute atomic E-state index is 0.315. The van der Waals surface area contributed by atoms with Gasteiger partial charge in [0.1, 0.15) is 0 Å². The Bertz CT molecular complexity index is 353. The van der Waals surface area contributed by atoms with E-state index in [1.165, 1.54) is 16.2 Å². The molecule has 1 aromatic rings. The molecule has 0 fully saturated rings. The van der Waals surface area contributed by atoms with E-state index in [2.05, 4.69) is 5.92 Å². The number of halogens is 1. The van der Waals surface area contributed by atoms with Crippen LogP contribution in [0.2, 0.25) is 4.34 Å². The average molecular weight is 214 g/mol. The number of amides is 1. The molecule has 0 radical (unpaired) electrons. The summed E-state index contributed by atoms with van der Waals surface area (Å²) in [6.45, 7) is 0.514. The fraction of sp³-hybridized carbons (Fsp3) is 0.222. The van der Waals surface area contributed by atoms with Crippen molar-refractivity contribution >= 4 is 28.8 Å². The van der Waals surface area contributed by atoms with E-state index in [4.69, 9.17) is 18.0 Å². The van der Waals surface area contributed by atoms with Gasteiger partial charge in [-0.25, -0.2) is 0 Å². The number of nitrogens with zero attached hydrogens (tertiary/aromatic N) is 1. The molecule has 2 nitrogen and oxygen atoms in total. The molecule has 0 N–H and O–H groups in total. The van der Waals surface area contributed by atoms with Gasteiger partial charge in [0.2, 0.25) is 0 Å². The number of hydrogen-bond donors (Lipinski definition) is 0. The van der Waals surface area contributed by atoms with E-state index in [1.807, 2.05) is 6.07 Å². The first-order valence-corrected chi connectivity index (χ1v) is 4.79. The van der Waals surface area contributed by atoms with Crippen LogP contribution >= 0.6 is 22.9 Å². The lowest BCUT2D eigenvalue weighted by molar-refractivity contribution is -0.124. The molecule has 1 rings (SSSR count). The quantitative estimate of drug-likeness (QED) is 0.689. The molecule has 0 aliphatic carbocycles. The second kappa shape index (κ2) is 4.31. The Morgan fingerprint density at radius 2 is 2.46 bits per heavy atom. The molecule has 0 bridgehead atoms. The van der Waals surface area contributed by atoms with Crippen molar-refractivity contribution in [3.8, 4) is 12.3 Å². The maximum absolute atomic E-state index is 11.0. The van der Waals surface area contributed by atoms with Crippen molar-refractivity contribution in [2.24, 2.45) is 0 Å². The number of thiophene rings is 1. The summed E-state index contributed by atoms with van der Waals surface area (Å²) < 4.78 is 0.719. The van der Waals surface area contributed by atoms with Crippen LogP contribution in [0.15, 0.2) is 12.1 Å². The van der Waals surface area contributed by atoms with E-state index in [9.17, 15) is 4.79 Å². The molecule has 13 heavy (non-hydrogen) atoms. The maximum atomic E-state index is 11.0.